The van der Waals surface area contributed by atoms with Crippen molar-refractivity contribution < 1.29 is 0 Å². The molecule has 1 rings (SSSR count). The van der Waals surface area contributed by atoms with Crippen molar-refractivity contribution >= 4 is 0 Å². The lowest BCUT2D eigenvalue weighted by molar-refractivity contribution is 0.0463. The third-order valence-electron chi connectivity index (χ3n) is 5.05. The van der Waals surface area contributed by atoms with E-state index in [0.29, 0.717) is 6.04 Å². The lowest BCUT2D eigenvalue weighted by Crippen LogP contribution is -2.55. The molecule has 0 aromatic rings. The molecule has 0 amide bonds. The van der Waals surface area contributed by atoms with E-state index in [9.17, 15) is 0 Å². The molecule has 1 aliphatic rings. The zero-order chi connectivity index (χ0) is 15.8. The van der Waals surface area contributed by atoms with Gasteiger partial charge >= 0.3 is 0 Å². The normalized spacial score (nSPS) is 21.9. The van der Waals surface area contributed by atoms with Crippen LogP contribution in [0.15, 0.2) is 0 Å². The van der Waals surface area contributed by atoms with E-state index in [1.165, 1.54) is 58.5 Å². The summed E-state index contributed by atoms with van der Waals surface area (Å²) >= 11 is 0. The van der Waals surface area contributed by atoms with Crippen LogP contribution >= 0.6 is 0 Å². The predicted molar refractivity (Wildman–Crippen MR) is 93.9 cm³/mol. The van der Waals surface area contributed by atoms with Crippen LogP contribution in [0.2, 0.25) is 0 Å². The van der Waals surface area contributed by atoms with Gasteiger partial charge in [0.1, 0.15) is 0 Å². The van der Waals surface area contributed by atoms with Crippen LogP contribution in [0.4, 0.5) is 0 Å². The first-order valence-corrected chi connectivity index (χ1v) is 9.12. The molecule has 126 valence electrons. The van der Waals surface area contributed by atoms with Gasteiger partial charge in [-0.05, 0) is 59.3 Å². The number of unbranched alkanes of at least 4 members (excludes halogenated alkanes) is 1. The molecule has 0 unspecified atom stereocenters. The molecule has 21 heavy (non-hydrogen) atoms. The van der Waals surface area contributed by atoms with Crippen molar-refractivity contribution in [2.24, 2.45) is 5.92 Å². The first kappa shape index (κ1) is 18.9. The molecule has 3 heteroatoms. The second kappa shape index (κ2) is 9.81. The summed E-state index contributed by atoms with van der Waals surface area (Å²) in [5.41, 5.74) is 0. The Balaban J connectivity index is 2.39. The fourth-order valence-electron chi connectivity index (χ4n) is 3.18. The summed E-state index contributed by atoms with van der Waals surface area (Å²) in [6.45, 7) is 19.2. The molecule has 0 N–H and O–H groups in total. The lowest BCUT2D eigenvalue weighted by Gasteiger charge is -2.43. The molecule has 3 nitrogen and oxygen atoms in total. The lowest BCUT2D eigenvalue weighted by atomic mass is 9.99. The Morgan fingerprint density at radius 3 is 2.33 bits per heavy atom. The van der Waals surface area contributed by atoms with Crippen LogP contribution in [0.25, 0.3) is 0 Å². The number of hydrogen-bond acceptors (Lipinski definition) is 3. The molecule has 1 heterocycles. The van der Waals surface area contributed by atoms with Crippen molar-refractivity contribution in [3.8, 4) is 0 Å². The molecular formula is C18H39N3. The van der Waals surface area contributed by atoms with Gasteiger partial charge in [-0.2, -0.15) is 0 Å². The zero-order valence-electron chi connectivity index (χ0n) is 15.4. The van der Waals surface area contributed by atoms with Gasteiger partial charge in [-0.1, -0.05) is 27.2 Å². The first-order chi connectivity index (χ1) is 9.95. The molecule has 0 bridgehead atoms. The fourth-order valence-corrected chi connectivity index (χ4v) is 3.18. The van der Waals surface area contributed by atoms with E-state index in [1.54, 1.807) is 0 Å². The Bertz CT molecular complexity index is 265. The predicted octanol–water partition coefficient (Wildman–Crippen LogP) is 3.16. The summed E-state index contributed by atoms with van der Waals surface area (Å²) < 4.78 is 0. The smallest absolute Gasteiger partial charge is 0.0246 e. The van der Waals surface area contributed by atoms with Crippen LogP contribution in [-0.2, 0) is 0 Å². The maximum atomic E-state index is 2.75. The number of piperazine rings is 1. The highest BCUT2D eigenvalue weighted by Crippen LogP contribution is 2.18. The van der Waals surface area contributed by atoms with Crippen molar-refractivity contribution in [1.82, 2.24) is 14.7 Å². The van der Waals surface area contributed by atoms with E-state index in [-0.39, 0.29) is 0 Å². The molecule has 0 radical (unpaired) electrons. The zero-order valence-corrected chi connectivity index (χ0v) is 15.4. The van der Waals surface area contributed by atoms with Crippen molar-refractivity contribution in [3.63, 3.8) is 0 Å². The second-order valence-electron chi connectivity index (χ2n) is 7.43. The topological polar surface area (TPSA) is 9.72 Å². The minimum atomic E-state index is 0.664. The minimum Gasteiger partial charge on any atom is -0.304 e. The maximum absolute atomic E-state index is 2.75. The van der Waals surface area contributed by atoms with Crippen molar-refractivity contribution in [1.29, 1.82) is 0 Å². The molecule has 0 aromatic heterocycles. The van der Waals surface area contributed by atoms with Crippen molar-refractivity contribution in [2.75, 3.05) is 46.3 Å². The third kappa shape index (κ3) is 6.66. The van der Waals surface area contributed by atoms with Crippen LogP contribution in [-0.4, -0.2) is 73.1 Å². The third-order valence-corrected chi connectivity index (χ3v) is 5.05. The summed E-state index contributed by atoms with van der Waals surface area (Å²) in [6, 6.07) is 1.41. The van der Waals surface area contributed by atoms with E-state index >= 15 is 0 Å². The van der Waals surface area contributed by atoms with Gasteiger partial charge in [-0.3, -0.25) is 4.90 Å². The van der Waals surface area contributed by atoms with Crippen molar-refractivity contribution in [2.45, 2.75) is 66.0 Å². The average Bonchev–Trinajstić information content (AvgIpc) is 2.45. The highest BCUT2D eigenvalue weighted by Gasteiger charge is 2.28. The molecule has 1 saturated heterocycles. The van der Waals surface area contributed by atoms with Crippen LogP contribution in [0.3, 0.4) is 0 Å². The monoisotopic (exact) mass is 297 g/mol. The van der Waals surface area contributed by atoms with Gasteiger partial charge in [0, 0.05) is 31.7 Å². The summed E-state index contributed by atoms with van der Waals surface area (Å²) in [6.07, 6.45) is 3.96. The van der Waals surface area contributed by atoms with E-state index < -0.39 is 0 Å². The molecule has 1 aliphatic heterocycles. The molecule has 1 atom stereocenters. The SMILES string of the molecule is CCCCN1CCN(CCCN(C)C(C)C)[C@H](C(C)C)C1. The Morgan fingerprint density at radius 1 is 1.05 bits per heavy atom. The van der Waals surface area contributed by atoms with E-state index in [0.717, 1.165) is 12.0 Å². The minimum absolute atomic E-state index is 0.664. The Hall–Kier alpha value is -0.120. The maximum Gasteiger partial charge on any atom is 0.0246 e. The van der Waals surface area contributed by atoms with Crippen LogP contribution in [0, 0.1) is 5.92 Å². The van der Waals surface area contributed by atoms with Crippen LogP contribution < -0.4 is 0 Å². The molecule has 0 aliphatic carbocycles. The van der Waals surface area contributed by atoms with Crippen molar-refractivity contribution in [3.05, 3.63) is 0 Å². The molecule has 0 aromatic carbocycles. The van der Waals surface area contributed by atoms with Gasteiger partial charge in [0.05, 0.1) is 0 Å². The van der Waals surface area contributed by atoms with E-state index in [2.05, 4.69) is 56.4 Å². The summed E-state index contributed by atoms with van der Waals surface area (Å²) in [7, 11) is 2.24. The van der Waals surface area contributed by atoms with Gasteiger partial charge in [-0.15, -0.1) is 0 Å². The molecular weight excluding hydrogens is 258 g/mol. The summed E-state index contributed by atoms with van der Waals surface area (Å²) in [5.74, 6) is 0.761. The Labute approximate surface area is 133 Å². The largest absolute Gasteiger partial charge is 0.304 e. The van der Waals surface area contributed by atoms with E-state index in [4.69, 9.17) is 0 Å². The average molecular weight is 298 g/mol. The molecule has 0 saturated carbocycles. The highest BCUT2D eigenvalue weighted by atomic mass is 15.3. The summed E-state index contributed by atoms with van der Waals surface area (Å²) in [5, 5.41) is 0. The standard InChI is InChI=1S/C18H39N3/c1-7-8-11-20-13-14-21(18(15-20)16(2)3)12-9-10-19(6)17(4)5/h16-18H,7-15H2,1-6H3/t18-/m0/s1. The quantitative estimate of drug-likeness (QED) is 0.647. The van der Waals surface area contributed by atoms with E-state index in [1.807, 2.05) is 0 Å². The van der Waals surface area contributed by atoms with Gasteiger partial charge in [0.15, 0.2) is 0 Å². The van der Waals surface area contributed by atoms with Gasteiger partial charge < -0.3 is 9.80 Å². The number of nitrogens with zero attached hydrogens (tertiary/aromatic N) is 3. The van der Waals surface area contributed by atoms with Crippen LogP contribution in [0.5, 0.6) is 0 Å². The Morgan fingerprint density at radius 2 is 1.76 bits per heavy atom. The van der Waals surface area contributed by atoms with Gasteiger partial charge in [-0.25, -0.2) is 0 Å². The molecule has 1 fully saturated rings. The Kier molecular flexibility index (Phi) is 8.84. The highest BCUT2D eigenvalue weighted by molar-refractivity contribution is 4.84. The van der Waals surface area contributed by atoms with Crippen LogP contribution in [0.1, 0.15) is 53.9 Å². The van der Waals surface area contributed by atoms with Gasteiger partial charge in [0.25, 0.3) is 0 Å². The fraction of sp³-hybridized carbons (Fsp3) is 1.00. The van der Waals surface area contributed by atoms with Gasteiger partial charge in [0.2, 0.25) is 0 Å². The molecule has 0 spiro atoms. The number of hydrogen-bond donors (Lipinski definition) is 0. The second-order valence-corrected chi connectivity index (χ2v) is 7.43. The first-order valence-electron chi connectivity index (χ1n) is 9.12. The number of rotatable bonds is 9. The summed E-state index contributed by atoms with van der Waals surface area (Å²) in [4.78, 5) is 7.90.